The van der Waals surface area contributed by atoms with Gasteiger partial charge in [0.2, 0.25) is 5.91 Å². The van der Waals surface area contributed by atoms with Gasteiger partial charge in [-0.05, 0) is 36.4 Å². The summed E-state index contributed by atoms with van der Waals surface area (Å²) in [7, 11) is 0. The van der Waals surface area contributed by atoms with Gasteiger partial charge in [0.15, 0.2) is 0 Å². The molecule has 0 atom stereocenters. The van der Waals surface area contributed by atoms with E-state index in [1.54, 1.807) is 24.3 Å². The summed E-state index contributed by atoms with van der Waals surface area (Å²) in [5, 5.41) is 15.9. The van der Waals surface area contributed by atoms with E-state index in [1.165, 1.54) is 24.3 Å². The number of benzene rings is 2. The predicted octanol–water partition coefficient (Wildman–Crippen LogP) is 3.21. The zero-order valence-electron chi connectivity index (χ0n) is 13.8. The van der Waals surface area contributed by atoms with Crippen LogP contribution >= 0.6 is 11.6 Å². The first kappa shape index (κ1) is 18.3. The maximum Gasteiger partial charge on any atom is 0.267 e. The van der Waals surface area contributed by atoms with Gasteiger partial charge in [-0.3, -0.25) is 9.59 Å². The third kappa shape index (κ3) is 4.37. The first-order chi connectivity index (χ1) is 13.0. The van der Waals surface area contributed by atoms with Crippen molar-refractivity contribution in [1.29, 1.82) is 5.26 Å². The van der Waals surface area contributed by atoms with Crippen LogP contribution in [-0.4, -0.2) is 15.7 Å². The zero-order valence-corrected chi connectivity index (χ0v) is 14.6. The lowest BCUT2D eigenvalue weighted by atomic mass is 10.1. The lowest BCUT2D eigenvalue weighted by Crippen LogP contribution is -2.29. The fourth-order valence-electron chi connectivity index (χ4n) is 2.35. The van der Waals surface area contributed by atoms with Crippen LogP contribution in [0.25, 0.3) is 11.3 Å². The number of hydrogen-bond acceptors (Lipinski definition) is 4. The van der Waals surface area contributed by atoms with Gasteiger partial charge in [-0.1, -0.05) is 23.7 Å². The van der Waals surface area contributed by atoms with Crippen molar-refractivity contribution < 1.29 is 9.18 Å². The molecule has 3 rings (SSSR count). The van der Waals surface area contributed by atoms with Gasteiger partial charge in [0.25, 0.3) is 5.56 Å². The van der Waals surface area contributed by atoms with Crippen molar-refractivity contribution in [2.45, 2.75) is 6.54 Å². The Bertz CT molecular complexity index is 1100. The van der Waals surface area contributed by atoms with E-state index < -0.39 is 23.8 Å². The van der Waals surface area contributed by atoms with Crippen molar-refractivity contribution in [3.05, 3.63) is 81.4 Å². The number of rotatable bonds is 4. The largest absolute Gasteiger partial charge is 0.322 e. The second-order valence-electron chi connectivity index (χ2n) is 5.58. The molecule has 8 heteroatoms. The SMILES string of the molecule is N#Cc1ccc(F)c(NC(=O)Cn2nc(-c3ccc(Cl)cc3)ccc2=O)c1. The summed E-state index contributed by atoms with van der Waals surface area (Å²) in [6.45, 7) is -0.406. The summed E-state index contributed by atoms with van der Waals surface area (Å²) >= 11 is 5.86. The number of amides is 1. The number of carbonyl (C=O) groups excluding carboxylic acids is 1. The Morgan fingerprint density at radius 1 is 1.19 bits per heavy atom. The molecule has 0 unspecified atom stereocenters. The van der Waals surface area contributed by atoms with Gasteiger partial charge >= 0.3 is 0 Å². The first-order valence-electron chi connectivity index (χ1n) is 7.80. The Hall–Kier alpha value is -3.50. The van der Waals surface area contributed by atoms with E-state index in [2.05, 4.69) is 10.4 Å². The Morgan fingerprint density at radius 2 is 1.93 bits per heavy atom. The predicted molar refractivity (Wildman–Crippen MR) is 98.7 cm³/mol. The quantitative estimate of drug-likeness (QED) is 0.750. The number of nitrogens with zero attached hydrogens (tertiary/aromatic N) is 3. The summed E-state index contributed by atoms with van der Waals surface area (Å²) in [5.41, 5.74) is 0.792. The van der Waals surface area contributed by atoms with Crippen molar-refractivity contribution in [2.75, 3.05) is 5.32 Å². The van der Waals surface area contributed by atoms with E-state index in [1.807, 2.05) is 6.07 Å². The van der Waals surface area contributed by atoms with E-state index in [9.17, 15) is 14.0 Å². The molecular formula is C19H12ClFN4O2. The first-order valence-corrected chi connectivity index (χ1v) is 8.17. The molecule has 6 nitrogen and oxygen atoms in total. The summed E-state index contributed by atoms with van der Waals surface area (Å²) in [6.07, 6.45) is 0. The van der Waals surface area contributed by atoms with Gasteiger partial charge in [0, 0.05) is 16.7 Å². The molecule has 1 amide bonds. The maximum atomic E-state index is 13.8. The van der Waals surface area contributed by atoms with Crippen LogP contribution in [0.2, 0.25) is 5.02 Å². The standard InChI is InChI=1S/C19H12ClFN4O2/c20-14-4-2-13(3-5-14)16-7-8-19(27)25(24-16)11-18(26)23-17-9-12(10-22)1-6-15(17)21/h1-9H,11H2,(H,23,26). The van der Waals surface area contributed by atoms with Crippen LogP contribution in [-0.2, 0) is 11.3 Å². The Kier molecular flexibility index (Phi) is 5.29. The Labute approximate surface area is 158 Å². The number of aromatic nitrogens is 2. The maximum absolute atomic E-state index is 13.8. The Balaban J connectivity index is 1.82. The summed E-state index contributed by atoms with van der Waals surface area (Å²) in [4.78, 5) is 24.2. The molecule has 0 saturated heterocycles. The van der Waals surface area contributed by atoms with Crippen molar-refractivity contribution in [2.24, 2.45) is 0 Å². The fraction of sp³-hybridized carbons (Fsp3) is 0.0526. The average molecular weight is 383 g/mol. The van der Waals surface area contributed by atoms with Crippen LogP contribution in [0.1, 0.15) is 5.56 Å². The molecule has 0 aliphatic heterocycles. The number of hydrogen-bond donors (Lipinski definition) is 1. The van der Waals surface area contributed by atoms with Crippen LogP contribution in [0, 0.1) is 17.1 Å². The van der Waals surface area contributed by atoms with E-state index >= 15 is 0 Å². The normalized spacial score (nSPS) is 10.3. The molecule has 0 spiro atoms. The molecule has 0 aliphatic rings. The van der Waals surface area contributed by atoms with Crippen LogP contribution in [0.5, 0.6) is 0 Å². The number of nitrogens with one attached hydrogen (secondary N) is 1. The fourth-order valence-corrected chi connectivity index (χ4v) is 2.48. The summed E-state index contributed by atoms with van der Waals surface area (Å²) in [6, 6.07) is 15.1. The second kappa shape index (κ2) is 7.81. The number of nitriles is 1. The van der Waals surface area contributed by atoms with Crippen molar-refractivity contribution in [3.8, 4) is 17.3 Å². The molecular weight excluding hydrogens is 371 g/mol. The van der Waals surface area contributed by atoms with E-state index in [4.69, 9.17) is 16.9 Å². The van der Waals surface area contributed by atoms with Crippen LogP contribution in [0.15, 0.2) is 59.4 Å². The van der Waals surface area contributed by atoms with Gasteiger partial charge in [-0.2, -0.15) is 10.4 Å². The minimum absolute atomic E-state index is 0.138. The van der Waals surface area contributed by atoms with Crippen LogP contribution in [0.3, 0.4) is 0 Å². The number of anilines is 1. The summed E-state index contributed by atoms with van der Waals surface area (Å²) in [5.74, 6) is -1.33. The average Bonchev–Trinajstić information content (AvgIpc) is 2.66. The van der Waals surface area contributed by atoms with Gasteiger partial charge in [0.05, 0.1) is 23.0 Å². The highest BCUT2D eigenvalue weighted by Gasteiger charge is 2.11. The zero-order chi connectivity index (χ0) is 19.4. The smallest absolute Gasteiger partial charge is 0.267 e. The molecule has 2 aromatic carbocycles. The van der Waals surface area contributed by atoms with Crippen molar-refractivity contribution in [1.82, 2.24) is 9.78 Å². The molecule has 134 valence electrons. The van der Waals surface area contributed by atoms with Crippen molar-refractivity contribution in [3.63, 3.8) is 0 Å². The highest BCUT2D eigenvalue weighted by Crippen LogP contribution is 2.19. The minimum atomic E-state index is -0.683. The monoisotopic (exact) mass is 382 g/mol. The highest BCUT2D eigenvalue weighted by molar-refractivity contribution is 6.30. The van der Waals surface area contributed by atoms with Gasteiger partial charge < -0.3 is 5.32 Å². The lowest BCUT2D eigenvalue weighted by molar-refractivity contribution is -0.117. The molecule has 1 aromatic heterocycles. The van der Waals surface area contributed by atoms with Crippen LogP contribution < -0.4 is 10.9 Å². The molecule has 0 fully saturated rings. The molecule has 0 aliphatic carbocycles. The van der Waals surface area contributed by atoms with Gasteiger partial charge in [-0.15, -0.1) is 0 Å². The minimum Gasteiger partial charge on any atom is -0.322 e. The number of halogens is 2. The van der Waals surface area contributed by atoms with E-state index in [0.29, 0.717) is 10.7 Å². The van der Waals surface area contributed by atoms with E-state index in [-0.39, 0.29) is 11.3 Å². The second-order valence-corrected chi connectivity index (χ2v) is 6.01. The third-order valence-corrected chi connectivity index (χ3v) is 3.92. The molecule has 0 saturated carbocycles. The summed E-state index contributed by atoms with van der Waals surface area (Å²) < 4.78 is 14.8. The van der Waals surface area contributed by atoms with E-state index in [0.717, 1.165) is 16.3 Å². The lowest BCUT2D eigenvalue weighted by Gasteiger charge is -2.09. The molecule has 1 N–H and O–H groups in total. The van der Waals surface area contributed by atoms with Gasteiger partial charge in [0.1, 0.15) is 12.4 Å². The molecule has 0 bridgehead atoms. The Morgan fingerprint density at radius 3 is 2.63 bits per heavy atom. The third-order valence-electron chi connectivity index (χ3n) is 3.67. The molecule has 27 heavy (non-hydrogen) atoms. The highest BCUT2D eigenvalue weighted by atomic mass is 35.5. The van der Waals surface area contributed by atoms with Crippen molar-refractivity contribution >= 4 is 23.2 Å². The number of carbonyl (C=O) groups is 1. The molecule has 3 aromatic rings. The van der Waals surface area contributed by atoms with Crippen LogP contribution in [0.4, 0.5) is 10.1 Å². The molecule has 0 radical (unpaired) electrons. The molecule has 1 heterocycles. The van der Waals surface area contributed by atoms with Gasteiger partial charge in [-0.25, -0.2) is 9.07 Å². The topological polar surface area (TPSA) is 87.8 Å².